The zero-order valence-corrected chi connectivity index (χ0v) is 36.2. The summed E-state index contributed by atoms with van der Waals surface area (Å²) in [5, 5.41) is 27.0. The molecule has 2 unspecified atom stereocenters. The largest absolute Gasteiger partial charge is 0.444 e. The van der Waals surface area contributed by atoms with E-state index in [4.69, 9.17) is 4.74 Å². The number of nitrogens with one attached hydrogen (secondary N) is 2. The zero-order valence-electron chi connectivity index (χ0n) is 36.2. The SMILES string of the molecule is CC(C)(C)OC(=O)N[C@@H](Cc1cc(F)cc(F)c1)C(O)c1ccccn1.CCCN(CCC)C(=O)c1cc(C)cc(C(=O)N[C@@H](Cc2cc(F)cc(F)c2)C(O)c2ccccn2)c1. The molecule has 0 saturated carbocycles. The molecule has 63 heavy (non-hydrogen) atoms. The van der Waals surface area contributed by atoms with Crippen LogP contribution in [0.1, 0.15) is 108 Å². The van der Waals surface area contributed by atoms with Gasteiger partial charge in [-0.25, -0.2) is 22.4 Å². The topological polar surface area (TPSA) is 154 Å². The second-order valence-electron chi connectivity index (χ2n) is 16.1. The van der Waals surface area contributed by atoms with Crippen LogP contribution in [-0.2, 0) is 17.6 Å². The Morgan fingerprint density at radius 3 is 1.52 bits per heavy atom. The molecule has 0 bridgehead atoms. The van der Waals surface area contributed by atoms with Crippen molar-refractivity contribution in [1.29, 1.82) is 0 Å². The highest BCUT2D eigenvalue weighted by Crippen LogP contribution is 2.23. The normalized spacial score (nSPS) is 13.1. The lowest BCUT2D eigenvalue weighted by Gasteiger charge is -2.26. The standard InChI is InChI=1S/C29H33F2N3O3.C19H22F2N2O3/c1-4-10-34(11-5-2)29(37)22-13-19(3)12-21(17-22)28(36)33-26(27(35)25-8-6-7-9-32-25)16-20-14-23(30)18-24(31)15-20;1-19(2,3)26-18(25)23-16(17(24)15-6-4-5-7-22-15)10-12-8-13(20)11-14(21)9-12/h6-9,12-15,17-18,26-27,35H,4-5,10-11,16H2,1-3H3,(H,33,36);4-9,11,16-17,24H,10H2,1-3H3,(H,23,25)/t26-,27?;16-,17?/m00/s1. The highest BCUT2D eigenvalue weighted by Gasteiger charge is 2.28. The van der Waals surface area contributed by atoms with Gasteiger partial charge in [0.05, 0.1) is 23.5 Å². The first-order chi connectivity index (χ1) is 29.8. The van der Waals surface area contributed by atoms with Crippen molar-refractivity contribution < 1.29 is 46.9 Å². The number of hydrogen-bond donors (Lipinski definition) is 4. The fourth-order valence-corrected chi connectivity index (χ4v) is 6.75. The minimum absolute atomic E-state index is 0.00827. The van der Waals surface area contributed by atoms with Gasteiger partial charge in [0.2, 0.25) is 0 Å². The van der Waals surface area contributed by atoms with Crippen LogP contribution in [0.2, 0.25) is 0 Å². The first kappa shape index (κ1) is 49.5. The van der Waals surface area contributed by atoms with Crippen LogP contribution in [0.5, 0.6) is 0 Å². The number of aliphatic hydroxyl groups excluding tert-OH is 2. The van der Waals surface area contributed by atoms with E-state index in [0.717, 1.165) is 54.8 Å². The Morgan fingerprint density at radius 2 is 1.11 bits per heavy atom. The fourth-order valence-electron chi connectivity index (χ4n) is 6.75. The number of nitrogens with zero attached hydrogens (tertiary/aromatic N) is 3. The van der Waals surface area contributed by atoms with Gasteiger partial charge in [0.25, 0.3) is 11.8 Å². The summed E-state index contributed by atoms with van der Waals surface area (Å²) >= 11 is 0. The highest BCUT2D eigenvalue weighted by atomic mass is 19.1. The van der Waals surface area contributed by atoms with Crippen LogP contribution < -0.4 is 10.6 Å². The number of aliphatic hydroxyl groups is 2. The van der Waals surface area contributed by atoms with Crippen LogP contribution in [0.25, 0.3) is 0 Å². The molecule has 5 rings (SSSR count). The van der Waals surface area contributed by atoms with Crippen molar-refractivity contribution in [1.82, 2.24) is 25.5 Å². The summed E-state index contributed by atoms with van der Waals surface area (Å²) in [6.07, 6.45) is 1.43. The zero-order chi connectivity index (χ0) is 46.3. The summed E-state index contributed by atoms with van der Waals surface area (Å²) in [5.74, 6) is -3.64. The molecular weight excluding hydrogens is 819 g/mol. The van der Waals surface area contributed by atoms with E-state index in [1.165, 1.54) is 18.5 Å². The van der Waals surface area contributed by atoms with Crippen molar-refractivity contribution in [3.8, 4) is 0 Å². The second kappa shape index (κ2) is 23.3. The Kier molecular flexibility index (Phi) is 18.3. The maximum atomic E-state index is 13.8. The van der Waals surface area contributed by atoms with Crippen LogP contribution in [0.15, 0.2) is 103 Å². The molecule has 0 aliphatic rings. The number of hydrogen-bond acceptors (Lipinski definition) is 8. The van der Waals surface area contributed by atoms with Gasteiger partial charge in [-0.05, 0) is 137 Å². The Balaban J connectivity index is 0.000000294. The van der Waals surface area contributed by atoms with E-state index < -0.39 is 65.2 Å². The fraction of sp³-hybridized carbons (Fsp3) is 0.354. The van der Waals surface area contributed by atoms with Crippen LogP contribution in [0.4, 0.5) is 22.4 Å². The Morgan fingerprint density at radius 1 is 0.667 bits per heavy atom. The third-order valence-corrected chi connectivity index (χ3v) is 9.38. The van der Waals surface area contributed by atoms with E-state index >= 15 is 0 Å². The number of carbonyl (C=O) groups excluding carboxylic acids is 3. The third kappa shape index (κ3) is 15.9. The first-order valence-electron chi connectivity index (χ1n) is 20.6. The molecule has 336 valence electrons. The van der Waals surface area contributed by atoms with Crippen molar-refractivity contribution in [2.24, 2.45) is 0 Å². The van der Waals surface area contributed by atoms with Gasteiger partial charge in [0.1, 0.15) is 41.1 Å². The van der Waals surface area contributed by atoms with Gasteiger partial charge in [-0.15, -0.1) is 0 Å². The van der Waals surface area contributed by atoms with Gasteiger partial charge >= 0.3 is 6.09 Å². The number of rotatable bonds is 16. The van der Waals surface area contributed by atoms with E-state index in [9.17, 15) is 42.2 Å². The number of amides is 3. The van der Waals surface area contributed by atoms with E-state index in [0.29, 0.717) is 35.6 Å². The summed E-state index contributed by atoms with van der Waals surface area (Å²) in [7, 11) is 0. The molecule has 4 N–H and O–H groups in total. The molecule has 11 nitrogen and oxygen atoms in total. The van der Waals surface area contributed by atoms with Gasteiger partial charge in [-0.2, -0.15) is 0 Å². The first-order valence-corrected chi connectivity index (χ1v) is 20.6. The summed E-state index contributed by atoms with van der Waals surface area (Å²) in [4.78, 5) is 48.6. The molecule has 4 atom stereocenters. The lowest BCUT2D eigenvalue weighted by Crippen LogP contribution is -2.43. The van der Waals surface area contributed by atoms with Crippen molar-refractivity contribution in [2.45, 2.75) is 97.1 Å². The van der Waals surface area contributed by atoms with Gasteiger partial charge < -0.3 is 30.5 Å². The average molecular weight is 874 g/mol. The van der Waals surface area contributed by atoms with E-state index in [2.05, 4.69) is 20.6 Å². The number of benzene rings is 3. The molecule has 0 radical (unpaired) electrons. The Hall–Kier alpha value is -6.19. The molecule has 0 aliphatic carbocycles. The predicted molar refractivity (Wildman–Crippen MR) is 231 cm³/mol. The van der Waals surface area contributed by atoms with Crippen molar-refractivity contribution in [3.63, 3.8) is 0 Å². The van der Waals surface area contributed by atoms with Crippen molar-refractivity contribution in [2.75, 3.05) is 13.1 Å². The molecule has 0 saturated heterocycles. The lowest BCUT2D eigenvalue weighted by molar-refractivity contribution is 0.0417. The summed E-state index contributed by atoms with van der Waals surface area (Å²) in [6, 6.07) is 19.2. The predicted octanol–water partition coefficient (Wildman–Crippen LogP) is 8.53. The summed E-state index contributed by atoms with van der Waals surface area (Å²) in [6.45, 7) is 12.2. The van der Waals surface area contributed by atoms with Gasteiger partial charge in [0.15, 0.2) is 0 Å². The van der Waals surface area contributed by atoms with E-state index in [1.807, 2.05) is 13.8 Å². The number of pyridine rings is 2. The molecule has 2 aromatic heterocycles. The van der Waals surface area contributed by atoms with Crippen LogP contribution >= 0.6 is 0 Å². The Bertz CT molecular complexity index is 2230. The molecule has 3 amide bonds. The lowest BCUT2D eigenvalue weighted by atomic mass is 9.97. The average Bonchev–Trinajstić information content (AvgIpc) is 3.21. The maximum Gasteiger partial charge on any atom is 0.407 e. The minimum atomic E-state index is -1.24. The molecule has 5 aromatic rings. The summed E-state index contributed by atoms with van der Waals surface area (Å²) < 4.78 is 59.8. The molecule has 0 aliphatic heterocycles. The number of carbonyl (C=O) groups is 3. The monoisotopic (exact) mass is 873 g/mol. The molecule has 0 fully saturated rings. The maximum absolute atomic E-state index is 13.8. The second-order valence-corrected chi connectivity index (χ2v) is 16.1. The van der Waals surface area contributed by atoms with E-state index in [-0.39, 0.29) is 29.9 Å². The molecule has 2 heterocycles. The van der Waals surface area contributed by atoms with Crippen LogP contribution in [0.3, 0.4) is 0 Å². The van der Waals surface area contributed by atoms with Crippen LogP contribution in [-0.4, -0.2) is 73.8 Å². The number of ether oxygens (including phenoxy) is 1. The van der Waals surface area contributed by atoms with Gasteiger partial charge in [-0.3, -0.25) is 19.6 Å². The van der Waals surface area contributed by atoms with Gasteiger partial charge in [0, 0.05) is 48.7 Å². The van der Waals surface area contributed by atoms with Crippen molar-refractivity contribution >= 4 is 17.9 Å². The number of aromatic nitrogens is 2. The number of halogens is 4. The molecule has 15 heteroatoms. The van der Waals surface area contributed by atoms with E-state index in [1.54, 1.807) is 81.1 Å². The smallest absolute Gasteiger partial charge is 0.407 e. The molecule has 3 aromatic carbocycles. The van der Waals surface area contributed by atoms with Crippen LogP contribution in [0, 0.1) is 30.2 Å². The number of alkyl carbamates (subject to hydrolysis) is 1. The quantitative estimate of drug-likeness (QED) is 0.0720. The third-order valence-electron chi connectivity index (χ3n) is 9.38. The Labute approximate surface area is 365 Å². The molecular formula is C48H55F4N5O6. The molecule has 0 spiro atoms. The van der Waals surface area contributed by atoms with Gasteiger partial charge in [-0.1, -0.05) is 26.0 Å². The minimum Gasteiger partial charge on any atom is -0.444 e. The summed E-state index contributed by atoms with van der Waals surface area (Å²) in [5.41, 5.74) is 1.85. The highest BCUT2D eigenvalue weighted by molar-refractivity contribution is 6.00. The van der Waals surface area contributed by atoms with Crippen molar-refractivity contribution in [3.05, 3.63) is 166 Å². The number of aryl methyl sites for hydroxylation is 1.